The Labute approximate surface area is 124 Å². The second kappa shape index (κ2) is 5.95. The standard InChI is InChI=1S/C12H8Br2FNOS/c13-9-2-1-8(15)5-7(9)6-16-12(17)11-10(14)3-4-18-11/h1-5H,6H2,(H,16,17). The summed E-state index contributed by atoms with van der Waals surface area (Å²) in [6.07, 6.45) is 0. The zero-order valence-corrected chi connectivity index (χ0v) is 13.0. The van der Waals surface area contributed by atoms with E-state index in [0.29, 0.717) is 10.4 Å². The molecule has 0 radical (unpaired) electrons. The lowest BCUT2D eigenvalue weighted by Gasteiger charge is -2.06. The van der Waals surface area contributed by atoms with Crippen molar-refractivity contribution in [3.8, 4) is 0 Å². The molecular weight excluding hydrogens is 385 g/mol. The first-order valence-electron chi connectivity index (χ1n) is 5.03. The fourth-order valence-corrected chi connectivity index (χ4v) is 3.24. The van der Waals surface area contributed by atoms with Crippen LogP contribution in [0.4, 0.5) is 4.39 Å². The molecule has 1 amide bonds. The van der Waals surface area contributed by atoms with Crippen molar-refractivity contribution in [1.29, 1.82) is 0 Å². The highest BCUT2D eigenvalue weighted by Crippen LogP contribution is 2.23. The first kappa shape index (κ1) is 13.7. The van der Waals surface area contributed by atoms with Gasteiger partial charge in [0.1, 0.15) is 10.7 Å². The van der Waals surface area contributed by atoms with Crippen molar-refractivity contribution < 1.29 is 9.18 Å². The molecule has 1 aromatic carbocycles. The predicted molar refractivity (Wildman–Crippen MR) is 77.3 cm³/mol. The predicted octanol–water partition coefficient (Wildman–Crippen LogP) is 4.34. The zero-order valence-electron chi connectivity index (χ0n) is 9.04. The fourth-order valence-electron chi connectivity index (χ4n) is 1.39. The smallest absolute Gasteiger partial charge is 0.262 e. The number of rotatable bonds is 3. The number of nitrogens with one attached hydrogen (secondary N) is 1. The molecule has 0 aliphatic carbocycles. The topological polar surface area (TPSA) is 29.1 Å². The summed E-state index contributed by atoms with van der Waals surface area (Å²) >= 11 is 7.97. The summed E-state index contributed by atoms with van der Waals surface area (Å²) < 4.78 is 14.6. The van der Waals surface area contributed by atoms with Crippen LogP contribution in [-0.2, 0) is 6.54 Å². The number of thiophene rings is 1. The Morgan fingerprint density at radius 2 is 2.06 bits per heavy atom. The van der Waals surface area contributed by atoms with Gasteiger partial charge in [-0.3, -0.25) is 4.79 Å². The Balaban J connectivity index is 2.06. The van der Waals surface area contributed by atoms with Crippen molar-refractivity contribution in [1.82, 2.24) is 5.32 Å². The van der Waals surface area contributed by atoms with E-state index in [-0.39, 0.29) is 18.3 Å². The SMILES string of the molecule is O=C(NCc1cc(F)ccc1Br)c1sccc1Br. The molecule has 18 heavy (non-hydrogen) atoms. The number of carbonyl (C=O) groups is 1. The van der Waals surface area contributed by atoms with Crippen molar-refractivity contribution in [2.75, 3.05) is 0 Å². The van der Waals surface area contributed by atoms with Gasteiger partial charge in [0.2, 0.25) is 0 Å². The largest absolute Gasteiger partial charge is 0.347 e. The van der Waals surface area contributed by atoms with Gasteiger partial charge in [-0.25, -0.2) is 4.39 Å². The molecule has 2 aromatic rings. The van der Waals surface area contributed by atoms with E-state index in [1.165, 1.54) is 23.5 Å². The molecule has 2 nitrogen and oxygen atoms in total. The van der Waals surface area contributed by atoms with Gasteiger partial charge in [-0.15, -0.1) is 11.3 Å². The second-order valence-corrected chi connectivity index (χ2v) is 6.14. The summed E-state index contributed by atoms with van der Waals surface area (Å²) in [5.74, 6) is -0.493. The molecule has 0 saturated heterocycles. The van der Waals surface area contributed by atoms with Gasteiger partial charge < -0.3 is 5.32 Å². The average Bonchev–Trinajstić information content (AvgIpc) is 2.76. The highest BCUT2D eigenvalue weighted by molar-refractivity contribution is 9.10. The lowest BCUT2D eigenvalue weighted by Crippen LogP contribution is -2.22. The third kappa shape index (κ3) is 3.18. The molecule has 1 N–H and O–H groups in total. The molecule has 94 valence electrons. The molecule has 0 saturated carbocycles. The summed E-state index contributed by atoms with van der Waals surface area (Å²) in [6, 6.07) is 6.20. The van der Waals surface area contributed by atoms with Gasteiger partial charge in [0.05, 0.1) is 0 Å². The van der Waals surface area contributed by atoms with Crippen molar-refractivity contribution >= 4 is 49.1 Å². The molecule has 0 unspecified atom stereocenters. The third-order valence-corrected chi connectivity index (χ3v) is 4.88. The molecule has 0 atom stereocenters. The summed E-state index contributed by atoms with van der Waals surface area (Å²) in [7, 11) is 0. The second-order valence-electron chi connectivity index (χ2n) is 3.52. The Morgan fingerprint density at radius 3 is 2.72 bits per heavy atom. The zero-order chi connectivity index (χ0) is 13.1. The summed E-state index contributed by atoms with van der Waals surface area (Å²) in [4.78, 5) is 12.5. The minimum absolute atomic E-state index is 0.173. The number of halogens is 3. The van der Waals surface area contributed by atoms with Crippen LogP contribution in [0.1, 0.15) is 15.2 Å². The van der Waals surface area contributed by atoms with Crippen LogP contribution in [0.15, 0.2) is 38.6 Å². The number of benzene rings is 1. The molecule has 0 fully saturated rings. The minimum atomic E-state index is -0.320. The maximum Gasteiger partial charge on any atom is 0.262 e. The van der Waals surface area contributed by atoms with E-state index < -0.39 is 0 Å². The van der Waals surface area contributed by atoms with E-state index in [1.54, 1.807) is 6.07 Å². The minimum Gasteiger partial charge on any atom is -0.347 e. The Kier molecular flexibility index (Phi) is 4.53. The van der Waals surface area contributed by atoms with Crippen molar-refractivity contribution in [3.63, 3.8) is 0 Å². The highest BCUT2D eigenvalue weighted by atomic mass is 79.9. The van der Waals surface area contributed by atoms with Gasteiger partial charge in [0.15, 0.2) is 0 Å². The first-order chi connectivity index (χ1) is 8.58. The summed E-state index contributed by atoms with van der Waals surface area (Å²) in [5.41, 5.74) is 0.705. The lowest BCUT2D eigenvalue weighted by molar-refractivity contribution is 0.0954. The van der Waals surface area contributed by atoms with Gasteiger partial charge >= 0.3 is 0 Å². The van der Waals surface area contributed by atoms with Gasteiger partial charge in [0.25, 0.3) is 5.91 Å². The van der Waals surface area contributed by atoms with Crippen LogP contribution in [0, 0.1) is 5.82 Å². The van der Waals surface area contributed by atoms with Crippen molar-refractivity contribution in [2.45, 2.75) is 6.54 Å². The van der Waals surface area contributed by atoms with Gasteiger partial charge in [-0.05, 0) is 51.1 Å². The molecule has 6 heteroatoms. The molecule has 1 heterocycles. The van der Waals surface area contributed by atoms with Crippen LogP contribution in [-0.4, -0.2) is 5.91 Å². The van der Waals surface area contributed by atoms with E-state index in [1.807, 2.05) is 11.4 Å². The van der Waals surface area contributed by atoms with E-state index in [4.69, 9.17) is 0 Å². The molecular formula is C12H8Br2FNOS. The van der Waals surface area contributed by atoms with Crippen molar-refractivity contribution in [3.05, 3.63) is 54.8 Å². The maximum absolute atomic E-state index is 13.1. The van der Waals surface area contributed by atoms with Crippen molar-refractivity contribution in [2.24, 2.45) is 0 Å². The van der Waals surface area contributed by atoms with Crippen LogP contribution >= 0.6 is 43.2 Å². The Hall–Kier alpha value is -0.720. The molecule has 1 aromatic heterocycles. The monoisotopic (exact) mass is 391 g/mol. The van der Waals surface area contributed by atoms with Gasteiger partial charge in [-0.2, -0.15) is 0 Å². The number of hydrogen-bond donors (Lipinski definition) is 1. The van der Waals surface area contributed by atoms with Crippen LogP contribution in [0.3, 0.4) is 0 Å². The van der Waals surface area contributed by atoms with Crippen LogP contribution < -0.4 is 5.32 Å². The third-order valence-electron chi connectivity index (χ3n) is 2.27. The fraction of sp³-hybridized carbons (Fsp3) is 0.0833. The van der Waals surface area contributed by atoms with E-state index in [9.17, 15) is 9.18 Å². The molecule has 0 aliphatic rings. The quantitative estimate of drug-likeness (QED) is 0.826. The molecule has 2 rings (SSSR count). The lowest BCUT2D eigenvalue weighted by atomic mass is 10.2. The average molecular weight is 393 g/mol. The van der Waals surface area contributed by atoms with Crippen LogP contribution in [0.2, 0.25) is 0 Å². The number of carbonyl (C=O) groups excluding carboxylic acids is 1. The number of hydrogen-bond acceptors (Lipinski definition) is 2. The molecule has 0 spiro atoms. The van der Waals surface area contributed by atoms with Crippen LogP contribution in [0.25, 0.3) is 0 Å². The Morgan fingerprint density at radius 1 is 1.28 bits per heavy atom. The molecule has 0 bridgehead atoms. The van der Waals surface area contributed by atoms with Gasteiger partial charge in [0, 0.05) is 15.5 Å². The summed E-state index contributed by atoms with van der Waals surface area (Å²) in [5, 5.41) is 4.59. The first-order valence-corrected chi connectivity index (χ1v) is 7.49. The van der Waals surface area contributed by atoms with E-state index in [0.717, 1.165) is 8.95 Å². The van der Waals surface area contributed by atoms with Crippen LogP contribution in [0.5, 0.6) is 0 Å². The number of amides is 1. The maximum atomic E-state index is 13.1. The highest BCUT2D eigenvalue weighted by Gasteiger charge is 2.11. The van der Waals surface area contributed by atoms with E-state index in [2.05, 4.69) is 37.2 Å². The summed E-state index contributed by atoms with van der Waals surface area (Å²) in [6.45, 7) is 0.279. The Bertz CT molecular complexity index is 585. The molecule has 0 aliphatic heterocycles. The van der Waals surface area contributed by atoms with Gasteiger partial charge in [-0.1, -0.05) is 15.9 Å². The normalized spacial score (nSPS) is 10.4. The van der Waals surface area contributed by atoms with E-state index >= 15 is 0 Å².